The summed E-state index contributed by atoms with van der Waals surface area (Å²) in [6, 6.07) is 13.2. The van der Waals surface area contributed by atoms with E-state index in [1.54, 1.807) is 12.1 Å². The van der Waals surface area contributed by atoms with Crippen LogP contribution in [0, 0.1) is 5.92 Å². The molecule has 7 heteroatoms. The number of likely N-dealkylation sites (tertiary alicyclic amines) is 1. The van der Waals surface area contributed by atoms with Gasteiger partial charge in [0.15, 0.2) is 0 Å². The van der Waals surface area contributed by atoms with Gasteiger partial charge in [0.2, 0.25) is 5.91 Å². The highest BCUT2D eigenvalue weighted by atomic mass is 35.5. The summed E-state index contributed by atoms with van der Waals surface area (Å²) in [6.07, 6.45) is 7.54. The van der Waals surface area contributed by atoms with E-state index in [1.807, 2.05) is 30.3 Å². The summed E-state index contributed by atoms with van der Waals surface area (Å²) in [7, 11) is 0. The van der Waals surface area contributed by atoms with Gasteiger partial charge in [-0.15, -0.1) is 0 Å². The monoisotopic (exact) mass is 468 g/mol. The Kier molecular flexibility index (Phi) is 7.33. The molecule has 2 amide bonds. The Morgan fingerprint density at radius 2 is 1.70 bits per heavy atom. The Morgan fingerprint density at radius 1 is 1.00 bits per heavy atom. The van der Waals surface area contributed by atoms with Crippen molar-refractivity contribution in [3.05, 3.63) is 58.6 Å². The number of nitrogens with one attached hydrogen (secondary N) is 1. The summed E-state index contributed by atoms with van der Waals surface area (Å²) in [5, 5.41) is 11.7. The molecular weight excluding hydrogens is 440 g/mol. The molecule has 1 aliphatic carbocycles. The lowest BCUT2D eigenvalue weighted by Gasteiger charge is -2.31. The molecule has 1 heterocycles. The summed E-state index contributed by atoms with van der Waals surface area (Å²) < 4.78 is 0. The Bertz CT molecular complexity index is 1030. The van der Waals surface area contributed by atoms with Gasteiger partial charge in [-0.25, -0.2) is 0 Å². The largest absolute Gasteiger partial charge is 0.480 e. The number of halogens is 1. The van der Waals surface area contributed by atoms with E-state index >= 15 is 0 Å². The van der Waals surface area contributed by atoms with Gasteiger partial charge in [-0.3, -0.25) is 14.4 Å². The number of hydrogen-bond acceptors (Lipinski definition) is 3. The minimum Gasteiger partial charge on any atom is -0.480 e. The van der Waals surface area contributed by atoms with Gasteiger partial charge in [0, 0.05) is 29.1 Å². The number of carboxylic acids is 1. The molecule has 0 bridgehead atoms. The van der Waals surface area contributed by atoms with Crippen LogP contribution in [0.1, 0.15) is 54.4 Å². The average Bonchev–Trinajstić information content (AvgIpc) is 3.19. The summed E-state index contributed by atoms with van der Waals surface area (Å²) in [6.45, 7) is 0.440. The van der Waals surface area contributed by atoms with Gasteiger partial charge in [0.05, 0.1) is 0 Å². The van der Waals surface area contributed by atoms with Crippen LogP contribution >= 0.6 is 11.6 Å². The maximum absolute atomic E-state index is 13.0. The second-order valence-corrected chi connectivity index (χ2v) is 9.38. The summed E-state index contributed by atoms with van der Waals surface area (Å²) >= 11 is 6.60. The lowest BCUT2D eigenvalue weighted by atomic mass is 9.93. The molecular formula is C26H29ClN2O4. The number of carbonyl (C=O) groups is 3. The van der Waals surface area contributed by atoms with Crippen LogP contribution < -0.4 is 5.32 Å². The predicted octanol–water partition coefficient (Wildman–Crippen LogP) is 4.55. The van der Waals surface area contributed by atoms with E-state index in [4.69, 9.17) is 16.7 Å². The van der Waals surface area contributed by atoms with Crippen LogP contribution in [0.25, 0.3) is 11.1 Å². The number of aliphatic carboxylic acids is 1. The Labute approximate surface area is 198 Å². The molecule has 33 heavy (non-hydrogen) atoms. The van der Waals surface area contributed by atoms with Crippen LogP contribution in [0.5, 0.6) is 0 Å². The summed E-state index contributed by atoms with van der Waals surface area (Å²) in [4.78, 5) is 37.7. The maximum atomic E-state index is 13.0. The van der Waals surface area contributed by atoms with E-state index in [1.165, 1.54) is 19.3 Å². The molecule has 4 rings (SSSR count). The number of nitrogens with zero attached hydrogens (tertiary/aromatic N) is 1. The lowest BCUT2D eigenvalue weighted by Crippen LogP contribution is -2.39. The lowest BCUT2D eigenvalue weighted by molar-refractivity contribution is -0.136. The third-order valence-corrected chi connectivity index (χ3v) is 7.12. The topological polar surface area (TPSA) is 86.7 Å². The van der Waals surface area contributed by atoms with Gasteiger partial charge in [-0.2, -0.15) is 0 Å². The quantitative estimate of drug-likeness (QED) is 0.624. The molecule has 1 atom stereocenters. The van der Waals surface area contributed by atoms with E-state index in [0.29, 0.717) is 23.0 Å². The van der Waals surface area contributed by atoms with E-state index in [-0.39, 0.29) is 11.8 Å². The van der Waals surface area contributed by atoms with Crippen LogP contribution in [0.3, 0.4) is 0 Å². The number of hydrogen-bond donors (Lipinski definition) is 2. The minimum absolute atomic E-state index is 0.00104. The second kappa shape index (κ2) is 10.4. The van der Waals surface area contributed by atoms with Crippen molar-refractivity contribution < 1.29 is 19.5 Å². The van der Waals surface area contributed by atoms with Gasteiger partial charge in [0.25, 0.3) is 5.91 Å². The SMILES string of the molecule is O=C(O)CNC(=O)c1ccc(-c2ccc(CC3CCN(C4CCCCC4)C3=O)c(Cl)c2)cc1. The smallest absolute Gasteiger partial charge is 0.322 e. The molecule has 2 aromatic rings. The molecule has 2 fully saturated rings. The number of benzene rings is 2. The Morgan fingerprint density at radius 3 is 2.36 bits per heavy atom. The van der Waals surface area contributed by atoms with Crippen molar-refractivity contribution in [1.82, 2.24) is 10.2 Å². The highest BCUT2D eigenvalue weighted by molar-refractivity contribution is 6.31. The first-order valence-electron chi connectivity index (χ1n) is 11.6. The molecule has 0 radical (unpaired) electrons. The molecule has 1 unspecified atom stereocenters. The standard InChI is InChI=1S/C26H29ClN2O4/c27-23-15-19(17-6-8-18(9-7-17)25(32)28-16-24(30)31)10-11-20(23)14-21-12-13-29(26(21)33)22-4-2-1-3-5-22/h6-11,15,21-22H,1-5,12-14,16H2,(H,28,32)(H,30,31). The van der Waals surface area contributed by atoms with Crippen LogP contribution in [-0.2, 0) is 16.0 Å². The van der Waals surface area contributed by atoms with Gasteiger partial charge in [-0.1, -0.05) is 55.1 Å². The molecule has 2 N–H and O–H groups in total. The van der Waals surface area contributed by atoms with E-state index < -0.39 is 18.4 Å². The zero-order chi connectivity index (χ0) is 23.4. The highest BCUT2D eigenvalue weighted by Crippen LogP contribution is 2.33. The van der Waals surface area contributed by atoms with Gasteiger partial charge in [0.1, 0.15) is 6.54 Å². The number of carboxylic acid groups (broad SMARTS) is 1. The highest BCUT2D eigenvalue weighted by Gasteiger charge is 2.36. The minimum atomic E-state index is -1.09. The van der Waals surface area contributed by atoms with Crippen molar-refractivity contribution in [1.29, 1.82) is 0 Å². The van der Waals surface area contributed by atoms with Crippen LogP contribution in [-0.4, -0.2) is 46.9 Å². The Hall–Kier alpha value is -2.86. The summed E-state index contributed by atoms with van der Waals surface area (Å²) in [5.74, 6) is -1.24. The molecule has 6 nitrogen and oxygen atoms in total. The van der Waals surface area contributed by atoms with Crippen LogP contribution in [0.4, 0.5) is 0 Å². The van der Waals surface area contributed by atoms with Crippen molar-refractivity contribution in [2.24, 2.45) is 5.92 Å². The number of amides is 2. The van der Waals surface area contributed by atoms with Crippen molar-refractivity contribution in [3.63, 3.8) is 0 Å². The first kappa shape index (κ1) is 23.3. The van der Waals surface area contributed by atoms with Crippen molar-refractivity contribution in [2.45, 2.75) is 51.0 Å². The van der Waals surface area contributed by atoms with Gasteiger partial charge < -0.3 is 15.3 Å². The molecule has 1 saturated heterocycles. The van der Waals surface area contributed by atoms with Crippen molar-refractivity contribution in [2.75, 3.05) is 13.1 Å². The average molecular weight is 469 g/mol. The first-order chi connectivity index (χ1) is 15.9. The fraction of sp³-hybridized carbons (Fsp3) is 0.423. The molecule has 1 saturated carbocycles. The fourth-order valence-electron chi connectivity index (χ4n) is 4.94. The van der Waals surface area contributed by atoms with E-state index in [9.17, 15) is 14.4 Å². The third-order valence-electron chi connectivity index (χ3n) is 6.77. The van der Waals surface area contributed by atoms with Crippen molar-refractivity contribution in [3.8, 4) is 11.1 Å². The fourth-order valence-corrected chi connectivity index (χ4v) is 5.20. The summed E-state index contributed by atoms with van der Waals surface area (Å²) in [5.41, 5.74) is 3.19. The van der Waals surface area contributed by atoms with Gasteiger partial charge >= 0.3 is 5.97 Å². The normalized spacial score (nSPS) is 19.0. The predicted molar refractivity (Wildman–Crippen MR) is 127 cm³/mol. The zero-order valence-electron chi connectivity index (χ0n) is 18.6. The van der Waals surface area contributed by atoms with Gasteiger partial charge in [-0.05, 0) is 60.6 Å². The zero-order valence-corrected chi connectivity index (χ0v) is 19.3. The molecule has 0 aromatic heterocycles. The molecule has 174 valence electrons. The maximum Gasteiger partial charge on any atom is 0.322 e. The molecule has 2 aliphatic rings. The Balaban J connectivity index is 1.39. The molecule has 1 aliphatic heterocycles. The third kappa shape index (κ3) is 5.56. The van der Waals surface area contributed by atoms with E-state index in [0.717, 1.165) is 42.5 Å². The van der Waals surface area contributed by atoms with Crippen LogP contribution in [0.15, 0.2) is 42.5 Å². The van der Waals surface area contributed by atoms with Crippen LogP contribution in [0.2, 0.25) is 5.02 Å². The molecule has 0 spiro atoms. The first-order valence-corrected chi connectivity index (χ1v) is 12.0. The number of rotatable bonds is 7. The molecule has 2 aromatic carbocycles. The van der Waals surface area contributed by atoms with Crippen molar-refractivity contribution >= 4 is 29.4 Å². The number of carbonyl (C=O) groups excluding carboxylic acids is 2. The second-order valence-electron chi connectivity index (χ2n) is 8.97. The van der Waals surface area contributed by atoms with E-state index in [2.05, 4.69) is 10.2 Å².